The van der Waals surface area contributed by atoms with Crippen molar-refractivity contribution >= 4 is 96.2 Å². The third kappa shape index (κ3) is 2.91. The molecule has 1 spiro atoms. The molecule has 10 heteroatoms. The van der Waals surface area contributed by atoms with Gasteiger partial charge in [0.15, 0.2) is 0 Å². The Labute approximate surface area is 210 Å². The van der Waals surface area contributed by atoms with Crippen LogP contribution in [0.3, 0.4) is 0 Å². The van der Waals surface area contributed by atoms with Crippen LogP contribution in [0.4, 0.5) is 5.00 Å². The van der Waals surface area contributed by atoms with Gasteiger partial charge in [-0.3, -0.25) is 0 Å². The number of hydrogen-bond acceptors (Lipinski definition) is 9. The maximum Gasteiger partial charge on any atom is 0.350 e. The van der Waals surface area contributed by atoms with E-state index in [1.54, 1.807) is 34.0 Å². The Morgan fingerprint density at radius 3 is 2.32 bits per heavy atom. The van der Waals surface area contributed by atoms with Crippen LogP contribution in [-0.4, -0.2) is 11.5 Å². The van der Waals surface area contributed by atoms with Crippen LogP contribution in [0.1, 0.15) is 42.5 Å². The fourth-order valence-corrected chi connectivity index (χ4v) is 10.9. The summed E-state index contributed by atoms with van der Waals surface area (Å²) in [6.07, 6.45) is 7.48. The first kappa shape index (κ1) is 21.2. The third-order valence-electron chi connectivity index (χ3n) is 6.42. The maximum atomic E-state index is 9.30. The zero-order valence-corrected chi connectivity index (χ0v) is 20.8. The lowest BCUT2D eigenvalue weighted by Gasteiger charge is -2.35. The molecule has 0 bridgehead atoms. The molecule has 0 radical (unpaired) electrons. The van der Waals surface area contributed by atoms with Gasteiger partial charge in [0.2, 0.25) is 10.7 Å². The zero-order chi connectivity index (χ0) is 23.4. The molecule has 4 aromatic heterocycles. The van der Waals surface area contributed by atoms with Crippen LogP contribution in [0.25, 0.3) is 39.1 Å². The first-order valence-electron chi connectivity index (χ1n) is 10.5. The molecule has 0 unspecified atom stereocenters. The van der Waals surface area contributed by atoms with Crippen molar-refractivity contribution in [2.45, 2.75) is 37.5 Å². The predicted molar refractivity (Wildman–Crippen MR) is 141 cm³/mol. The standard InChI is InChI=1S/C24H12N6S4/c1-28-16(11-27)30-17-8-14-19(33-17)21-23(32-14)22-20(34-21)18-13(31-22)7-15(29-12(9-25)10-26)24(18)5-3-2-4-6-24/h7-8H,2-6H2/b30-16-. The summed E-state index contributed by atoms with van der Waals surface area (Å²) >= 11 is 6.84. The molecule has 0 atom stereocenters. The van der Waals surface area contributed by atoms with Gasteiger partial charge in [0.05, 0.1) is 33.9 Å². The number of allylic oxidation sites excluding steroid dienone is 1. The van der Waals surface area contributed by atoms with Crippen molar-refractivity contribution in [2.75, 3.05) is 0 Å². The molecule has 162 valence electrons. The van der Waals surface area contributed by atoms with Crippen LogP contribution < -0.4 is 0 Å². The van der Waals surface area contributed by atoms with Crippen LogP contribution in [0.5, 0.6) is 0 Å². The molecule has 34 heavy (non-hydrogen) atoms. The fourth-order valence-electron chi connectivity index (χ4n) is 5.06. The molecule has 0 amide bonds. The summed E-state index contributed by atoms with van der Waals surface area (Å²) in [5.74, 6) is -0.150. The Morgan fingerprint density at radius 1 is 0.882 bits per heavy atom. The van der Waals surface area contributed by atoms with Gasteiger partial charge in [0.25, 0.3) is 0 Å². The van der Waals surface area contributed by atoms with Gasteiger partial charge in [-0.15, -0.1) is 34.0 Å². The summed E-state index contributed by atoms with van der Waals surface area (Å²) in [6.45, 7) is 7.07. The molecule has 6 nitrogen and oxygen atoms in total. The fraction of sp³-hybridized carbons (Fsp3) is 0.250. The van der Waals surface area contributed by atoms with Gasteiger partial charge in [-0.1, -0.05) is 42.2 Å². The van der Waals surface area contributed by atoms with Gasteiger partial charge in [-0.05, 0) is 18.9 Å². The van der Waals surface area contributed by atoms with Gasteiger partial charge in [-0.25, -0.2) is 10.3 Å². The minimum Gasteiger partial charge on any atom is -0.351 e. The Balaban J connectivity index is 1.55. The average Bonchev–Trinajstić information content (AvgIpc) is 3.62. The summed E-state index contributed by atoms with van der Waals surface area (Å²) in [5.41, 5.74) is 1.89. The Morgan fingerprint density at radius 2 is 1.62 bits per heavy atom. The average molecular weight is 513 g/mol. The monoisotopic (exact) mass is 512 g/mol. The molecule has 4 heterocycles. The lowest BCUT2D eigenvalue weighted by atomic mass is 9.70. The van der Waals surface area contributed by atoms with Crippen LogP contribution in [-0.2, 0) is 5.41 Å². The molecule has 1 fully saturated rings. The molecular weight excluding hydrogens is 501 g/mol. The molecule has 0 saturated heterocycles. The second kappa shape index (κ2) is 7.84. The van der Waals surface area contributed by atoms with Crippen LogP contribution in [0.2, 0.25) is 0 Å². The Hall–Kier alpha value is -3.38. The highest BCUT2D eigenvalue weighted by Gasteiger charge is 2.46. The van der Waals surface area contributed by atoms with E-state index in [2.05, 4.69) is 20.9 Å². The van der Waals surface area contributed by atoms with Crippen molar-refractivity contribution in [2.24, 2.45) is 9.98 Å². The molecule has 6 rings (SSSR count). The van der Waals surface area contributed by atoms with Gasteiger partial charge < -0.3 is 4.85 Å². The highest BCUT2D eigenvalue weighted by molar-refractivity contribution is 7.45. The summed E-state index contributed by atoms with van der Waals surface area (Å²) in [5, 5.41) is 28.3. The molecular formula is C24H12N6S4. The minimum absolute atomic E-state index is 0.0840. The van der Waals surface area contributed by atoms with Gasteiger partial charge in [0, 0.05) is 21.9 Å². The van der Waals surface area contributed by atoms with Crippen molar-refractivity contribution in [1.29, 1.82) is 15.8 Å². The molecule has 0 aliphatic heterocycles. The molecule has 0 N–H and O–H groups in total. The number of thiophene rings is 4. The van der Waals surface area contributed by atoms with E-state index in [0.29, 0.717) is 5.00 Å². The number of hydrogen-bond donors (Lipinski definition) is 0. The summed E-state index contributed by atoms with van der Waals surface area (Å²) in [7, 11) is 0. The van der Waals surface area contributed by atoms with Crippen molar-refractivity contribution in [3.8, 4) is 18.2 Å². The number of nitriles is 3. The van der Waals surface area contributed by atoms with E-state index in [9.17, 15) is 10.5 Å². The van der Waals surface area contributed by atoms with E-state index >= 15 is 0 Å². The van der Waals surface area contributed by atoms with Crippen molar-refractivity contribution < 1.29 is 0 Å². The third-order valence-corrected chi connectivity index (χ3v) is 11.6. The highest BCUT2D eigenvalue weighted by atomic mass is 32.1. The number of aliphatic imine (C=N–C) groups is 2. The minimum atomic E-state index is -0.223. The summed E-state index contributed by atoms with van der Waals surface area (Å²) in [4.78, 5) is 13.1. The van der Waals surface area contributed by atoms with Gasteiger partial charge in [0.1, 0.15) is 18.2 Å². The second-order valence-corrected chi connectivity index (χ2v) is 12.3. The van der Waals surface area contributed by atoms with Crippen molar-refractivity contribution in [3.05, 3.63) is 33.6 Å². The van der Waals surface area contributed by atoms with E-state index < -0.39 is 0 Å². The van der Waals surface area contributed by atoms with Gasteiger partial charge >= 0.3 is 5.84 Å². The predicted octanol–water partition coefficient (Wildman–Crippen LogP) is 7.91. The number of rotatable bonds is 2. The molecule has 1 saturated carbocycles. The maximum absolute atomic E-state index is 9.30. The van der Waals surface area contributed by atoms with Crippen LogP contribution in [0.15, 0.2) is 21.7 Å². The highest BCUT2D eigenvalue weighted by Crippen LogP contribution is 2.60. The molecule has 4 aromatic rings. The summed E-state index contributed by atoms with van der Waals surface area (Å²) < 4.78 is 7.38. The van der Waals surface area contributed by atoms with Crippen LogP contribution in [0, 0.1) is 40.6 Å². The van der Waals surface area contributed by atoms with Gasteiger partial charge in [-0.2, -0.15) is 10.5 Å². The largest absolute Gasteiger partial charge is 0.351 e. The topological polar surface area (TPSA) is 100 Å². The quantitative estimate of drug-likeness (QED) is 0.155. The number of fused-ring (bicyclic) bond motifs is 8. The van der Waals surface area contributed by atoms with E-state index in [0.717, 1.165) is 40.8 Å². The second-order valence-electron chi connectivity index (χ2n) is 8.16. The van der Waals surface area contributed by atoms with E-state index in [1.165, 1.54) is 47.0 Å². The number of amidine groups is 1. The smallest absolute Gasteiger partial charge is 0.350 e. The summed E-state index contributed by atoms with van der Waals surface area (Å²) in [6, 6.07) is 7.65. The molecule has 2 aliphatic carbocycles. The van der Waals surface area contributed by atoms with Crippen molar-refractivity contribution in [1.82, 2.24) is 0 Å². The first-order valence-corrected chi connectivity index (χ1v) is 13.8. The Kier molecular flexibility index (Phi) is 4.88. The lowest BCUT2D eigenvalue weighted by molar-refractivity contribution is 0.346. The lowest BCUT2D eigenvalue weighted by Crippen LogP contribution is -2.28. The normalized spacial score (nSPS) is 16.7. The van der Waals surface area contributed by atoms with E-state index in [-0.39, 0.29) is 17.0 Å². The van der Waals surface area contributed by atoms with Crippen LogP contribution >= 0.6 is 45.3 Å². The van der Waals surface area contributed by atoms with E-state index in [1.807, 2.05) is 24.3 Å². The SMILES string of the molecule is [C-]#[N+]/C(C#N)=N\c1cc2sc3c4sc5c(c4sc3c2s1)C1(CCCCC1)C(N=C(C#N)C#N)=C5. The number of nitrogens with zero attached hydrogens (tertiary/aromatic N) is 6. The molecule has 2 aliphatic rings. The van der Waals surface area contributed by atoms with E-state index in [4.69, 9.17) is 11.8 Å². The van der Waals surface area contributed by atoms with Crippen molar-refractivity contribution in [3.63, 3.8) is 0 Å². The Bertz CT molecular complexity index is 1750. The first-order chi connectivity index (χ1) is 16.6. The zero-order valence-electron chi connectivity index (χ0n) is 17.5. The molecule has 0 aromatic carbocycles.